The molecule has 0 radical (unpaired) electrons. The highest BCUT2D eigenvalue weighted by molar-refractivity contribution is 7.87. The first-order chi connectivity index (χ1) is 13.8. The van der Waals surface area contributed by atoms with Gasteiger partial charge >= 0.3 is 10.1 Å². The van der Waals surface area contributed by atoms with Crippen molar-refractivity contribution < 1.29 is 17.4 Å². The number of carbonyl (C=O) groups excluding carboxylic acids is 1. The molecule has 0 aromatic heterocycles. The number of hydrogen-bond acceptors (Lipinski definition) is 5. The Morgan fingerprint density at radius 2 is 1.59 bits per heavy atom. The van der Waals surface area contributed by atoms with E-state index in [1.807, 2.05) is 6.92 Å². The number of nitrogens with zero attached hydrogens (tertiary/aromatic N) is 1. The van der Waals surface area contributed by atoms with E-state index >= 15 is 0 Å². The largest absolute Gasteiger partial charge is 0.379 e. The number of halogens is 1. The molecule has 0 heterocycles. The van der Waals surface area contributed by atoms with E-state index in [2.05, 4.69) is 10.5 Å². The molecular weight excluding hydrogens is 412 g/mol. The van der Waals surface area contributed by atoms with Crippen LogP contribution in [-0.4, -0.2) is 20.5 Å². The van der Waals surface area contributed by atoms with Crippen LogP contribution in [0.15, 0.2) is 82.8 Å². The van der Waals surface area contributed by atoms with Crippen LogP contribution in [0.4, 0.5) is 0 Å². The highest BCUT2D eigenvalue weighted by Gasteiger charge is 2.16. The van der Waals surface area contributed by atoms with Gasteiger partial charge in [-0.2, -0.15) is 13.5 Å². The molecule has 8 heteroatoms. The molecule has 0 atom stereocenters. The molecule has 0 unspecified atom stereocenters. The summed E-state index contributed by atoms with van der Waals surface area (Å²) in [5, 5.41) is 4.42. The van der Waals surface area contributed by atoms with Crippen molar-refractivity contribution in [2.75, 3.05) is 0 Å². The fourth-order valence-electron chi connectivity index (χ4n) is 2.32. The molecule has 29 heavy (non-hydrogen) atoms. The molecule has 1 N–H and O–H groups in total. The zero-order valence-electron chi connectivity index (χ0n) is 15.4. The Hall–Kier alpha value is -3.16. The van der Waals surface area contributed by atoms with E-state index in [9.17, 15) is 13.2 Å². The van der Waals surface area contributed by atoms with Crippen molar-refractivity contribution in [3.63, 3.8) is 0 Å². The first kappa shape index (κ1) is 20.6. The van der Waals surface area contributed by atoms with Gasteiger partial charge in [0.2, 0.25) is 0 Å². The molecule has 0 fully saturated rings. The van der Waals surface area contributed by atoms with Crippen LogP contribution in [0.5, 0.6) is 5.75 Å². The molecule has 0 saturated carbocycles. The summed E-state index contributed by atoms with van der Waals surface area (Å²) in [6, 6.07) is 19.1. The molecule has 0 bridgehead atoms. The van der Waals surface area contributed by atoms with E-state index in [-0.39, 0.29) is 16.6 Å². The number of hydrogen-bond donors (Lipinski definition) is 1. The van der Waals surface area contributed by atoms with Gasteiger partial charge in [-0.05, 0) is 73.2 Å². The molecule has 0 aliphatic rings. The van der Waals surface area contributed by atoms with E-state index in [1.165, 1.54) is 30.5 Å². The van der Waals surface area contributed by atoms with Gasteiger partial charge in [0.05, 0.1) is 6.21 Å². The molecule has 3 aromatic carbocycles. The van der Waals surface area contributed by atoms with Crippen LogP contribution >= 0.6 is 11.6 Å². The summed E-state index contributed by atoms with van der Waals surface area (Å²) >= 11 is 5.79. The first-order valence-corrected chi connectivity index (χ1v) is 10.3. The Kier molecular flexibility index (Phi) is 6.31. The Morgan fingerprint density at radius 3 is 2.21 bits per heavy atom. The van der Waals surface area contributed by atoms with Gasteiger partial charge in [0.15, 0.2) is 0 Å². The summed E-state index contributed by atoms with van der Waals surface area (Å²) in [7, 11) is -3.90. The van der Waals surface area contributed by atoms with Crippen molar-refractivity contribution in [3.05, 3.63) is 94.5 Å². The molecule has 0 aliphatic carbocycles. The predicted molar refractivity (Wildman–Crippen MR) is 112 cm³/mol. The SMILES string of the molecule is Cc1ccc(S(=O)(=O)Oc2ccc(/C=N/NC(=O)c3ccc(Cl)cc3)cc2)cc1. The Morgan fingerprint density at radius 1 is 0.966 bits per heavy atom. The molecule has 3 rings (SSSR count). The van der Waals surface area contributed by atoms with Gasteiger partial charge in [-0.25, -0.2) is 5.43 Å². The van der Waals surface area contributed by atoms with E-state index < -0.39 is 10.1 Å². The summed E-state index contributed by atoms with van der Waals surface area (Å²) in [6.45, 7) is 1.87. The van der Waals surface area contributed by atoms with Gasteiger partial charge in [0.1, 0.15) is 10.6 Å². The van der Waals surface area contributed by atoms with E-state index in [1.54, 1.807) is 48.5 Å². The Labute approximate surface area is 173 Å². The molecule has 6 nitrogen and oxygen atoms in total. The second-order valence-corrected chi connectivity index (χ2v) is 8.11. The number of carbonyl (C=O) groups is 1. The summed E-state index contributed by atoms with van der Waals surface area (Å²) in [5.74, 6) is -0.199. The van der Waals surface area contributed by atoms with Crippen molar-refractivity contribution in [2.45, 2.75) is 11.8 Å². The quantitative estimate of drug-likeness (QED) is 0.362. The lowest BCUT2D eigenvalue weighted by atomic mass is 10.2. The maximum atomic E-state index is 12.3. The molecule has 3 aromatic rings. The van der Waals surface area contributed by atoms with Crippen molar-refractivity contribution >= 4 is 33.8 Å². The number of nitrogens with one attached hydrogen (secondary N) is 1. The van der Waals surface area contributed by atoms with Gasteiger partial charge in [-0.15, -0.1) is 0 Å². The molecule has 0 saturated heterocycles. The Balaban J connectivity index is 1.61. The molecule has 0 spiro atoms. The summed E-state index contributed by atoms with van der Waals surface area (Å²) < 4.78 is 29.7. The van der Waals surface area contributed by atoms with Gasteiger partial charge in [-0.3, -0.25) is 4.79 Å². The highest BCUT2D eigenvalue weighted by atomic mass is 35.5. The van der Waals surface area contributed by atoms with Gasteiger partial charge in [-0.1, -0.05) is 29.3 Å². The summed E-state index contributed by atoms with van der Waals surface area (Å²) in [6.07, 6.45) is 1.44. The van der Waals surface area contributed by atoms with Crippen molar-refractivity contribution in [1.82, 2.24) is 5.43 Å². The zero-order valence-corrected chi connectivity index (χ0v) is 16.9. The number of benzene rings is 3. The molecule has 0 aliphatic heterocycles. The molecular formula is C21H17ClN2O4S. The maximum Gasteiger partial charge on any atom is 0.339 e. The van der Waals surface area contributed by atoms with Crippen molar-refractivity contribution in [1.29, 1.82) is 0 Å². The van der Waals surface area contributed by atoms with E-state index in [4.69, 9.17) is 15.8 Å². The smallest absolute Gasteiger partial charge is 0.339 e. The van der Waals surface area contributed by atoms with E-state index in [0.717, 1.165) is 5.56 Å². The minimum atomic E-state index is -3.90. The van der Waals surface area contributed by atoms with Gasteiger partial charge in [0, 0.05) is 10.6 Å². The Bertz CT molecular complexity index is 1120. The lowest BCUT2D eigenvalue weighted by Crippen LogP contribution is -2.17. The standard InChI is InChI=1S/C21H17ClN2O4S/c1-15-2-12-20(13-3-15)29(26,27)28-19-10-4-16(5-11-19)14-23-24-21(25)17-6-8-18(22)9-7-17/h2-14H,1H3,(H,24,25)/b23-14+. The third-order valence-corrected chi connectivity index (χ3v) is 5.40. The molecule has 1 amide bonds. The average Bonchev–Trinajstić information content (AvgIpc) is 2.70. The van der Waals surface area contributed by atoms with Crippen molar-refractivity contribution in [3.8, 4) is 5.75 Å². The first-order valence-electron chi connectivity index (χ1n) is 8.54. The number of aryl methyl sites for hydroxylation is 1. The van der Waals surface area contributed by atoms with Crippen LogP contribution in [0, 0.1) is 6.92 Å². The van der Waals surface area contributed by atoms with Crippen LogP contribution in [0.3, 0.4) is 0 Å². The summed E-state index contributed by atoms with van der Waals surface area (Å²) in [4.78, 5) is 12.0. The normalized spacial score (nSPS) is 11.4. The number of hydrazone groups is 1. The predicted octanol–water partition coefficient (Wildman–Crippen LogP) is 4.18. The van der Waals surface area contributed by atoms with Crippen LogP contribution in [0.1, 0.15) is 21.5 Å². The zero-order chi connectivity index (χ0) is 20.9. The maximum absolute atomic E-state index is 12.3. The number of amides is 1. The third kappa shape index (κ3) is 5.66. The van der Waals surface area contributed by atoms with Crippen LogP contribution in [0.25, 0.3) is 0 Å². The average molecular weight is 429 g/mol. The minimum Gasteiger partial charge on any atom is -0.379 e. The van der Waals surface area contributed by atoms with Gasteiger partial charge < -0.3 is 4.18 Å². The molecule has 148 valence electrons. The van der Waals surface area contributed by atoms with Crippen LogP contribution in [-0.2, 0) is 10.1 Å². The topological polar surface area (TPSA) is 84.8 Å². The minimum absolute atomic E-state index is 0.0821. The van der Waals surface area contributed by atoms with Crippen LogP contribution in [0.2, 0.25) is 5.02 Å². The lowest BCUT2D eigenvalue weighted by molar-refractivity contribution is 0.0955. The third-order valence-electron chi connectivity index (χ3n) is 3.88. The fraction of sp³-hybridized carbons (Fsp3) is 0.0476. The fourth-order valence-corrected chi connectivity index (χ4v) is 3.38. The van der Waals surface area contributed by atoms with E-state index in [0.29, 0.717) is 16.1 Å². The summed E-state index contributed by atoms with van der Waals surface area (Å²) in [5.41, 5.74) is 4.44. The monoisotopic (exact) mass is 428 g/mol. The van der Waals surface area contributed by atoms with Crippen LogP contribution < -0.4 is 9.61 Å². The number of rotatable bonds is 6. The second-order valence-electron chi connectivity index (χ2n) is 6.13. The lowest BCUT2D eigenvalue weighted by Gasteiger charge is -2.07. The van der Waals surface area contributed by atoms with Crippen molar-refractivity contribution in [2.24, 2.45) is 5.10 Å². The van der Waals surface area contributed by atoms with Gasteiger partial charge in [0.25, 0.3) is 5.91 Å². The highest BCUT2D eigenvalue weighted by Crippen LogP contribution is 2.19. The second kappa shape index (κ2) is 8.89.